The van der Waals surface area contributed by atoms with Crippen LogP contribution in [0.4, 0.5) is 11.4 Å². The molecule has 1 aromatic heterocycles. The molecule has 0 saturated heterocycles. The van der Waals surface area contributed by atoms with Crippen molar-refractivity contribution in [2.75, 3.05) is 10.6 Å². The Bertz CT molecular complexity index is 1420. The summed E-state index contributed by atoms with van der Waals surface area (Å²) in [7, 11) is 0. The van der Waals surface area contributed by atoms with E-state index in [-0.39, 0.29) is 5.91 Å². The first-order valence-electron chi connectivity index (χ1n) is 11.2. The van der Waals surface area contributed by atoms with Crippen molar-refractivity contribution in [3.8, 4) is 5.75 Å². The Labute approximate surface area is 208 Å². The van der Waals surface area contributed by atoms with Crippen LogP contribution in [0, 0.1) is 13.8 Å². The highest BCUT2D eigenvalue weighted by atomic mass is 16.5. The molecule has 0 saturated carbocycles. The number of rotatable bonds is 7. The van der Waals surface area contributed by atoms with Gasteiger partial charge in [0.2, 0.25) is 5.91 Å². The summed E-state index contributed by atoms with van der Waals surface area (Å²) in [5, 5.41) is 12.5. The van der Waals surface area contributed by atoms with Gasteiger partial charge in [-0.3, -0.25) is 14.7 Å². The number of carbonyl (C=O) groups excluding carboxylic acids is 3. The quantitative estimate of drug-likeness (QED) is 0.192. The number of anilines is 2. The molecule has 0 aliphatic heterocycles. The zero-order valence-electron chi connectivity index (χ0n) is 19.7. The Morgan fingerprint density at radius 1 is 0.861 bits per heavy atom. The number of nitrogens with one attached hydrogen (secondary N) is 3. The highest BCUT2D eigenvalue weighted by Crippen LogP contribution is 2.22. The van der Waals surface area contributed by atoms with Gasteiger partial charge in [-0.15, -0.1) is 0 Å². The van der Waals surface area contributed by atoms with Crippen LogP contribution in [0.15, 0.2) is 84.9 Å². The van der Waals surface area contributed by atoms with E-state index < -0.39 is 11.9 Å². The number of hydrogen-bond acceptors (Lipinski definition) is 5. The number of benzene rings is 3. The first-order chi connectivity index (χ1) is 17.4. The summed E-state index contributed by atoms with van der Waals surface area (Å²) in [6.45, 7) is 3.61. The number of amides is 2. The lowest BCUT2D eigenvalue weighted by Crippen LogP contribution is -2.14. The molecule has 3 aromatic carbocycles. The first kappa shape index (κ1) is 24.2. The number of hydrogen-bond donors (Lipinski definition) is 3. The zero-order chi connectivity index (χ0) is 25.5. The van der Waals surface area contributed by atoms with E-state index in [4.69, 9.17) is 4.74 Å². The summed E-state index contributed by atoms with van der Waals surface area (Å²) in [5.41, 5.74) is 3.91. The second-order valence-corrected chi connectivity index (χ2v) is 7.96. The van der Waals surface area contributed by atoms with Crippen LogP contribution >= 0.6 is 0 Å². The summed E-state index contributed by atoms with van der Waals surface area (Å²) >= 11 is 0. The lowest BCUT2D eigenvalue weighted by molar-refractivity contribution is -0.111. The second-order valence-electron chi connectivity index (χ2n) is 7.96. The Kier molecular flexibility index (Phi) is 7.36. The molecule has 3 N–H and O–H groups in total. The molecule has 180 valence electrons. The molecule has 2 amide bonds. The molecular weight excluding hydrogens is 456 g/mol. The van der Waals surface area contributed by atoms with E-state index in [1.807, 2.05) is 13.0 Å². The first-order valence-corrected chi connectivity index (χ1v) is 11.2. The van der Waals surface area contributed by atoms with Crippen molar-refractivity contribution in [2.45, 2.75) is 13.8 Å². The number of aromatic amines is 1. The van der Waals surface area contributed by atoms with E-state index in [0.717, 1.165) is 5.69 Å². The molecule has 8 heteroatoms. The van der Waals surface area contributed by atoms with Crippen LogP contribution in [0.3, 0.4) is 0 Å². The zero-order valence-corrected chi connectivity index (χ0v) is 19.7. The number of nitrogens with zero attached hydrogens (tertiary/aromatic N) is 1. The third-order valence-corrected chi connectivity index (χ3v) is 5.30. The molecular formula is C28H24N4O4. The summed E-state index contributed by atoms with van der Waals surface area (Å²) in [6.07, 6.45) is 2.89. The van der Waals surface area contributed by atoms with Crippen LogP contribution in [0.5, 0.6) is 5.75 Å². The predicted molar refractivity (Wildman–Crippen MR) is 138 cm³/mol. The van der Waals surface area contributed by atoms with Gasteiger partial charge in [0.15, 0.2) is 0 Å². The molecule has 36 heavy (non-hydrogen) atoms. The fourth-order valence-corrected chi connectivity index (χ4v) is 3.45. The summed E-state index contributed by atoms with van der Waals surface area (Å²) < 4.78 is 5.51. The van der Waals surface area contributed by atoms with E-state index in [2.05, 4.69) is 20.8 Å². The number of para-hydroxylation sites is 1. The van der Waals surface area contributed by atoms with Gasteiger partial charge in [0.1, 0.15) is 5.75 Å². The normalized spacial score (nSPS) is 10.7. The SMILES string of the molecule is Cc1n[nH]c(C)c1NC(=O)c1cccc(NC(=O)/C=C/c2ccccc2OC(=O)c2ccccc2)c1. The van der Waals surface area contributed by atoms with Gasteiger partial charge in [0, 0.05) is 22.9 Å². The number of H-pyrrole nitrogens is 1. The molecule has 0 spiro atoms. The number of aromatic nitrogens is 2. The van der Waals surface area contributed by atoms with Crippen LogP contribution in [-0.4, -0.2) is 28.0 Å². The lowest BCUT2D eigenvalue weighted by Gasteiger charge is -2.08. The van der Waals surface area contributed by atoms with Crippen molar-refractivity contribution in [2.24, 2.45) is 0 Å². The number of aryl methyl sites for hydroxylation is 2. The third-order valence-electron chi connectivity index (χ3n) is 5.30. The maximum atomic E-state index is 12.7. The number of ether oxygens (including phenoxy) is 1. The van der Waals surface area contributed by atoms with E-state index in [1.165, 1.54) is 6.08 Å². The van der Waals surface area contributed by atoms with Gasteiger partial charge in [0.05, 0.1) is 22.6 Å². The number of esters is 1. The molecule has 0 unspecified atom stereocenters. The second kappa shape index (κ2) is 11.0. The fraction of sp³-hybridized carbons (Fsp3) is 0.0714. The smallest absolute Gasteiger partial charge is 0.343 e. The van der Waals surface area contributed by atoms with E-state index in [9.17, 15) is 14.4 Å². The van der Waals surface area contributed by atoms with Crippen LogP contribution in [-0.2, 0) is 4.79 Å². The maximum Gasteiger partial charge on any atom is 0.343 e. The third kappa shape index (κ3) is 5.92. The molecule has 1 heterocycles. The number of carbonyl (C=O) groups is 3. The van der Waals surface area contributed by atoms with E-state index >= 15 is 0 Å². The van der Waals surface area contributed by atoms with Gasteiger partial charge in [0.25, 0.3) is 5.91 Å². The molecule has 0 radical (unpaired) electrons. The average Bonchev–Trinajstić information content (AvgIpc) is 3.21. The molecule has 0 fully saturated rings. The van der Waals surface area contributed by atoms with Crippen molar-refractivity contribution in [3.05, 3.63) is 113 Å². The summed E-state index contributed by atoms with van der Waals surface area (Å²) in [4.78, 5) is 37.6. The highest BCUT2D eigenvalue weighted by molar-refractivity contribution is 6.07. The molecule has 0 aliphatic carbocycles. The van der Waals surface area contributed by atoms with Crippen molar-refractivity contribution in [3.63, 3.8) is 0 Å². The van der Waals surface area contributed by atoms with Crippen molar-refractivity contribution in [1.29, 1.82) is 0 Å². The minimum Gasteiger partial charge on any atom is -0.422 e. The highest BCUT2D eigenvalue weighted by Gasteiger charge is 2.13. The summed E-state index contributed by atoms with van der Waals surface area (Å²) in [5.74, 6) is -0.877. The molecule has 0 aliphatic rings. The van der Waals surface area contributed by atoms with Gasteiger partial charge in [-0.05, 0) is 56.3 Å². The standard InChI is InChI=1S/C28H24N4O4/c1-18-26(19(2)32-31-18)30-27(34)22-12-8-13-23(17-22)29-25(33)16-15-20-9-6-7-14-24(20)36-28(35)21-10-4-3-5-11-21/h3-17H,1-2H3,(H,29,33)(H,30,34)(H,31,32)/b16-15+. The monoisotopic (exact) mass is 480 g/mol. The molecule has 0 bridgehead atoms. The van der Waals surface area contributed by atoms with Crippen LogP contribution in [0.25, 0.3) is 6.08 Å². The van der Waals surface area contributed by atoms with Crippen LogP contribution in [0.1, 0.15) is 37.7 Å². The molecule has 4 aromatic rings. The van der Waals surface area contributed by atoms with Gasteiger partial charge < -0.3 is 15.4 Å². The Balaban J connectivity index is 1.42. The van der Waals surface area contributed by atoms with Crippen LogP contribution in [0.2, 0.25) is 0 Å². The lowest BCUT2D eigenvalue weighted by atomic mass is 10.1. The van der Waals surface area contributed by atoms with E-state index in [0.29, 0.717) is 39.5 Å². The van der Waals surface area contributed by atoms with Gasteiger partial charge in [-0.25, -0.2) is 4.79 Å². The summed E-state index contributed by atoms with van der Waals surface area (Å²) in [6, 6.07) is 22.2. The Hall–Kier alpha value is -4.98. The van der Waals surface area contributed by atoms with Gasteiger partial charge in [-0.2, -0.15) is 5.10 Å². The maximum absolute atomic E-state index is 12.7. The Morgan fingerprint density at radius 2 is 1.58 bits per heavy atom. The van der Waals surface area contributed by atoms with Crippen LogP contribution < -0.4 is 15.4 Å². The molecule has 4 rings (SSSR count). The largest absolute Gasteiger partial charge is 0.422 e. The molecule has 8 nitrogen and oxygen atoms in total. The van der Waals surface area contributed by atoms with Gasteiger partial charge in [-0.1, -0.05) is 42.5 Å². The van der Waals surface area contributed by atoms with E-state index in [1.54, 1.807) is 85.8 Å². The predicted octanol–water partition coefficient (Wildman–Crippen LogP) is 5.15. The fourth-order valence-electron chi connectivity index (χ4n) is 3.45. The van der Waals surface area contributed by atoms with Gasteiger partial charge >= 0.3 is 5.97 Å². The Morgan fingerprint density at radius 3 is 2.33 bits per heavy atom. The van der Waals surface area contributed by atoms with Crippen molar-refractivity contribution in [1.82, 2.24) is 10.2 Å². The van der Waals surface area contributed by atoms with Crippen molar-refractivity contribution >= 4 is 35.2 Å². The topological polar surface area (TPSA) is 113 Å². The van der Waals surface area contributed by atoms with Crippen molar-refractivity contribution < 1.29 is 19.1 Å². The molecule has 0 atom stereocenters. The minimum atomic E-state index is -0.489. The average molecular weight is 481 g/mol. The minimum absolute atomic E-state index is 0.316.